The number of benzene rings is 1. The van der Waals surface area contributed by atoms with Crippen molar-refractivity contribution in [2.75, 3.05) is 6.54 Å². The molecule has 0 unspecified atom stereocenters. The van der Waals surface area contributed by atoms with Gasteiger partial charge in [0.15, 0.2) is 5.65 Å². The molecule has 8 heteroatoms. The van der Waals surface area contributed by atoms with Crippen LogP contribution >= 0.6 is 0 Å². The highest BCUT2D eigenvalue weighted by Crippen LogP contribution is 2.16. The Morgan fingerprint density at radius 3 is 2.72 bits per heavy atom. The van der Waals surface area contributed by atoms with E-state index in [1.807, 2.05) is 19.1 Å². The highest BCUT2D eigenvalue weighted by Gasteiger charge is 2.16. The number of rotatable bonds is 6. The quantitative estimate of drug-likeness (QED) is 0.675. The molecule has 0 amide bonds. The Kier molecular flexibility index (Phi) is 4.73. The first-order valence-corrected chi connectivity index (χ1v) is 9.48. The van der Waals surface area contributed by atoms with E-state index in [9.17, 15) is 13.2 Å². The van der Waals surface area contributed by atoms with E-state index in [1.165, 1.54) is 9.08 Å². The predicted octanol–water partition coefficient (Wildman–Crippen LogP) is 1.48. The zero-order chi connectivity index (χ0) is 18.0. The lowest BCUT2D eigenvalue weighted by molar-refractivity contribution is 0.543. The van der Waals surface area contributed by atoms with E-state index in [-0.39, 0.29) is 17.1 Å². The largest absolute Gasteiger partial charge is 0.350 e. The molecule has 3 rings (SSSR count). The smallest absolute Gasteiger partial charge is 0.250 e. The van der Waals surface area contributed by atoms with Gasteiger partial charge in [0.25, 0.3) is 0 Å². The van der Waals surface area contributed by atoms with Gasteiger partial charge >= 0.3 is 5.69 Å². The lowest BCUT2D eigenvalue weighted by Crippen LogP contribution is -2.28. The minimum atomic E-state index is -3.57. The van der Waals surface area contributed by atoms with Gasteiger partial charge in [-0.3, -0.25) is 4.40 Å². The third kappa shape index (κ3) is 3.64. The maximum absolute atomic E-state index is 12.4. The highest BCUT2D eigenvalue weighted by molar-refractivity contribution is 7.89. The van der Waals surface area contributed by atoms with Gasteiger partial charge in [-0.2, -0.15) is 0 Å². The molecular weight excluding hydrogens is 340 g/mol. The summed E-state index contributed by atoms with van der Waals surface area (Å²) >= 11 is 0. The lowest BCUT2D eigenvalue weighted by atomic mass is 10.2. The first-order valence-electron chi connectivity index (χ1n) is 7.99. The Morgan fingerprint density at radius 1 is 1.16 bits per heavy atom. The molecule has 0 radical (unpaired) electrons. The topological polar surface area (TPSA) is 85.5 Å². The molecule has 1 aromatic carbocycles. The molecule has 3 aromatic rings. The molecule has 1 N–H and O–H groups in total. The molecule has 0 aliphatic rings. The summed E-state index contributed by atoms with van der Waals surface area (Å²) in [5.74, 6) is 0. The van der Waals surface area contributed by atoms with Crippen molar-refractivity contribution in [3.05, 3.63) is 64.2 Å². The zero-order valence-electron chi connectivity index (χ0n) is 14.1. The summed E-state index contributed by atoms with van der Waals surface area (Å²) in [6.07, 6.45) is 2.12. The van der Waals surface area contributed by atoms with Crippen molar-refractivity contribution in [2.24, 2.45) is 0 Å². The summed E-state index contributed by atoms with van der Waals surface area (Å²) < 4.78 is 30.2. The van der Waals surface area contributed by atoms with Crippen LogP contribution in [0.1, 0.15) is 17.5 Å². The van der Waals surface area contributed by atoms with Crippen LogP contribution in [-0.4, -0.2) is 29.1 Å². The van der Waals surface area contributed by atoms with Crippen molar-refractivity contribution >= 4 is 15.7 Å². The second-order valence-electron chi connectivity index (χ2n) is 5.95. The highest BCUT2D eigenvalue weighted by atomic mass is 32.2. The normalized spacial score (nSPS) is 11.9. The van der Waals surface area contributed by atoms with Gasteiger partial charge in [-0.05, 0) is 49.6 Å². The van der Waals surface area contributed by atoms with Crippen LogP contribution in [0.2, 0.25) is 0 Å². The molecule has 0 saturated carbocycles. The number of pyridine rings is 1. The minimum Gasteiger partial charge on any atom is -0.250 e. The van der Waals surface area contributed by atoms with E-state index in [4.69, 9.17) is 0 Å². The van der Waals surface area contributed by atoms with Crippen molar-refractivity contribution in [3.63, 3.8) is 0 Å². The van der Waals surface area contributed by atoms with Crippen LogP contribution in [0.15, 0.2) is 52.3 Å². The molecule has 0 bridgehead atoms. The molecule has 2 heterocycles. The van der Waals surface area contributed by atoms with Gasteiger partial charge in [0.1, 0.15) is 0 Å². The van der Waals surface area contributed by atoms with Gasteiger partial charge in [-0.25, -0.2) is 22.6 Å². The molecule has 0 aliphatic carbocycles. The van der Waals surface area contributed by atoms with Gasteiger partial charge in [0.2, 0.25) is 10.0 Å². The standard InChI is InChI=1S/C17H20N4O3S/c1-13-7-8-14(2)15(12-13)25(23,24)18-9-5-11-21-17(22)20-10-4-3-6-16(20)19-21/h3-4,6-8,10,12,18H,5,9,11H2,1-2H3. The van der Waals surface area contributed by atoms with Crippen LogP contribution in [0.25, 0.3) is 5.65 Å². The molecule has 2 aromatic heterocycles. The van der Waals surface area contributed by atoms with Crippen LogP contribution < -0.4 is 10.4 Å². The first kappa shape index (κ1) is 17.4. The number of nitrogens with zero attached hydrogens (tertiary/aromatic N) is 3. The van der Waals surface area contributed by atoms with E-state index in [1.54, 1.807) is 37.4 Å². The average molecular weight is 360 g/mol. The Bertz CT molecular complexity index is 1070. The Hall–Kier alpha value is -2.45. The summed E-state index contributed by atoms with van der Waals surface area (Å²) in [6.45, 7) is 4.20. The van der Waals surface area contributed by atoms with Crippen LogP contribution in [0, 0.1) is 13.8 Å². The lowest BCUT2D eigenvalue weighted by Gasteiger charge is -2.10. The van der Waals surface area contributed by atoms with Crippen molar-refractivity contribution in [1.82, 2.24) is 18.9 Å². The molecule has 0 saturated heterocycles. The summed E-state index contributed by atoms with van der Waals surface area (Å²) in [5, 5.41) is 4.22. The fourth-order valence-electron chi connectivity index (χ4n) is 2.62. The predicted molar refractivity (Wildman–Crippen MR) is 95.2 cm³/mol. The van der Waals surface area contributed by atoms with Gasteiger partial charge in [0, 0.05) is 19.3 Å². The number of fused-ring (bicyclic) bond motifs is 1. The van der Waals surface area contributed by atoms with Crippen molar-refractivity contribution in [2.45, 2.75) is 31.7 Å². The number of aromatic nitrogens is 3. The fraction of sp³-hybridized carbons (Fsp3) is 0.294. The van der Waals surface area contributed by atoms with Crippen molar-refractivity contribution < 1.29 is 8.42 Å². The van der Waals surface area contributed by atoms with Gasteiger partial charge < -0.3 is 0 Å². The Labute approximate surface area is 146 Å². The third-order valence-electron chi connectivity index (χ3n) is 3.96. The van der Waals surface area contributed by atoms with Crippen molar-refractivity contribution in [1.29, 1.82) is 0 Å². The molecule has 0 atom stereocenters. The van der Waals surface area contributed by atoms with Gasteiger partial charge in [-0.1, -0.05) is 18.2 Å². The summed E-state index contributed by atoms with van der Waals surface area (Å²) in [6, 6.07) is 10.7. The SMILES string of the molecule is Cc1ccc(C)c(S(=O)(=O)NCCCn2nc3ccccn3c2=O)c1. The first-order chi connectivity index (χ1) is 11.9. The monoisotopic (exact) mass is 360 g/mol. The minimum absolute atomic E-state index is 0.229. The summed E-state index contributed by atoms with van der Waals surface area (Å²) in [4.78, 5) is 12.4. The Morgan fingerprint density at radius 2 is 1.96 bits per heavy atom. The van der Waals surface area contributed by atoms with Crippen LogP contribution in [0.4, 0.5) is 0 Å². The molecule has 132 valence electrons. The Balaban J connectivity index is 1.65. The molecule has 0 fully saturated rings. The molecule has 25 heavy (non-hydrogen) atoms. The van der Waals surface area contributed by atoms with Crippen LogP contribution in [-0.2, 0) is 16.6 Å². The molecule has 0 spiro atoms. The van der Waals surface area contributed by atoms with Crippen LogP contribution in [0.3, 0.4) is 0 Å². The number of hydrogen-bond donors (Lipinski definition) is 1. The molecule has 0 aliphatic heterocycles. The van der Waals surface area contributed by atoms with Gasteiger partial charge in [0.05, 0.1) is 4.90 Å². The van der Waals surface area contributed by atoms with E-state index < -0.39 is 10.0 Å². The average Bonchev–Trinajstić information content (AvgIpc) is 2.90. The number of sulfonamides is 1. The summed E-state index contributed by atoms with van der Waals surface area (Å²) in [5.41, 5.74) is 1.94. The van der Waals surface area contributed by atoms with E-state index in [0.29, 0.717) is 24.2 Å². The third-order valence-corrected chi connectivity index (χ3v) is 5.56. The summed E-state index contributed by atoms with van der Waals surface area (Å²) in [7, 11) is -3.57. The maximum atomic E-state index is 12.4. The number of aryl methyl sites for hydroxylation is 3. The molecular formula is C17H20N4O3S. The fourth-order valence-corrected chi connectivity index (χ4v) is 4.03. The van der Waals surface area contributed by atoms with Gasteiger partial charge in [-0.15, -0.1) is 5.10 Å². The maximum Gasteiger partial charge on any atom is 0.350 e. The second kappa shape index (κ2) is 6.81. The van der Waals surface area contributed by atoms with Crippen LogP contribution in [0.5, 0.6) is 0 Å². The number of hydrogen-bond acceptors (Lipinski definition) is 4. The zero-order valence-corrected chi connectivity index (χ0v) is 15.0. The van der Waals surface area contributed by atoms with Crippen molar-refractivity contribution in [3.8, 4) is 0 Å². The van der Waals surface area contributed by atoms with E-state index in [0.717, 1.165) is 5.56 Å². The second-order valence-corrected chi connectivity index (χ2v) is 7.69. The van der Waals surface area contributed by atoms with E-state index >= 15 is 0 Å². The molecule has 7 nitrogen and oxygen atoms in total. The van der Waals surface area contributed by atoms with E-state index in [2.05, 4.69) is 9.82 Å². The number of nitrogens with one attached hydrogen (secondary N) is 1.